The van der Waals surface area contributed by atoms with E-state index in [2.05, 4.69) is 38.5 Å². The van der Waals surface area contributed by atoms with Gasteiger partial charge in [-0.2, -0.15) is 0 Å². The molecule has 1 aliphatic carbocycles. The van der Waals surface area contributed by atoms with Gasteiger partial charge in [0.25, 0.3) is 0 Å². The van der Waals surface area contributed by atoms with Crippen molar-refractivity contribution < 1.29 is 9.47 Å². The second kappa shape index (κ2) is 6.92. The third kappa shape index (κ3) is 2.90. The first-order valence-corrected chi connectivity index (χ1v) is 10.2. The molecule has 0 unspecified atom stereocenters. The lowest BCUT2D eigenvalue weighted by Crippen LogP contribution is -2.41. The highest BCUT2D eigenvalue weighted by Gasteiger charge is 2.37. The minimum Gasteiger partial charge on any atom is -0.382 e. The molecule has 2 aliphatic rings. The summed E-state index contributed by atoms with van der Waals surface area (Å²) in [5.74, 6) is 0.869. The van der Waals surface area contributed by atoms with E-state index in [0.29, 0.717) is 6.61 Å². The second-order valence-corrected chi connectivity index (χ2v) is 8.50. The third-order valence-corrected chi connectivity index (χ3v) is 6.87. The molecule has 1 aliphatic heterocycles. The number of ether oxygens (including phenoxy) is 2. The van der Waals surface area contributed by atoms with Crippen molar-refractivity contribution in [3.8, 4) is 0 Å². The number of benzene rings is 1. The van der Waals surface area contributed by atoms with Crippen LogP contribution in [0.5, 0.6) is 0 Å². The van der Waals surface area contributed by atoms with Crippen LogP contribution < -0.4 is 5.32 Å². The summed E-state index contributed by atoms with van der Waals surface area (Å²) in [7, 11) is 3.51. The van der Waals surface area contributed by atoms with Crippen LogP contribution in [0, 0.1) is 0 Å². The molecule has 0 fully saturated rings. The Hall–Kier alpha value is -2.35. The number of methoxy groups -OCH3 is 2. The Balaban J connectivity index is 1.52. The number of hydrogen-bond acceptors (Lipinski definition) is 7. The fourth-order valence-electron chi connectivity index (χ4n) is 4.21. The number of rotatable bonds is 5. The van der Waals surface area contributed by atoms with Crippen molar-refractivity contribution in [2.45, 2.75) is 31.4 Å². The number of hydrogen-bond donors (Lipinski definition) is 1. The van der Waals surface area contributed by atoms with Crippen molar-refractivity contribution in [1.82, 2.24) is 9.97 Å². The molecule has 0 spiro atoms. The van der Waals surface area contributed by atoms with Gasteiger partial charge in [-0.25, -0.2) is 9.97 Å². The average molecular weight is 395 g/mol. The number of nitrogens with zero attached hydrogens (tertiary/aromatic N) is 3. The van der Waals surface area contributed by atoms with Crippen molar-refractivity contribution in [3.63, 3.8) is 0 Å². The SMILES string of the molecule is COC[C@@]1(OC)CCc2c(sc3ncnc(Nc4ccc5c(c4)C=NC5)c23)C1. The molecule has 1 N–H and O–H groups in total. The first-order chi connectivity index (χ1) is 13.7. The van der Waals surface area contributed by atoms with Gasteiger partial charge < -0.3 is 14.8 Å². The minimum absolute atomic E-state index is 0.247. The molecule has 0 saturated carbocycles. The largest absolute Gasteiger partial charge is 0.382 e. The van der Waals surface area contributed by atoms with Gasteiger partial charge in [0.2, 0.25) is 0 Å². The predicted octanol–water partition coefficient (Wildman–Crippen LogP) is 3.89. The molecule has 28 heavy (non-hydrogen) atoms. The summed E-state index contributed by atoms with van der Waals surface area (Å²) in [6, 6.07) is 6.35. The quantitative estimate of drug-likeness (QED) is 0.711. The zero-order chi connectivity index (χ0) is 19.1. The Morgan fingerprint density at radius 3 is 3.04 bits per heavy atom. The lowest BCUT2D eigenvalue weighted by molar-refractivity contribution is -0.0714. The van der Waals surface area contributed by atoms with Gasteiger partial charge in [-0.15, -0.1) is 11.3 Å². The van der Waals surface area contributed by atoms with E-state index < -0.39 is 0 Å². The van der Waals surface area contributed by atoms with Gasteiger partial charge in [-0.05, 0) is 41.7 Å². The predicted molar refractivity (Wildman–Crippen MR) is 112 cm³/mol. The first kappa shape index (κ1) is 17.7. The fourth-order valence-corrected chi connectivity index (χ4v) is 5.53. The molecule has 0 amide bonds. The molecule has 6 nitrogen and oxygen atoms in total. The van der Waals surface area contributed by atoms with Crippen LogP contribution in [0.15, 0.2) is 29.5 Å². The molecule has 144 valence electrons. The molecule has 5 rings (SSSR count). The smallest absolute Gasteiger partial charge is 0.142 e. The summed E-state index contributed by atoms with van der Waals surface area (Å²) in [6.07, 6.45) is 6.29. The van der Waals surface area contributed by atoms with Gasteiger partial charge >= 0.3 is 0 Å². The zero-order valence-corrected chi connectivity index (χ0v) is 16.8. The topological polar surface area (TPSA) is 68.6 Å². The summed E-state index contributed by atoms with van der Waals surface area (Å²) in [4.78, 5) is 15.8. The maximum absolute atomic E-state index is 5.86. The van der Waals surface area contributed by atoms with E-state index in [-0.39, 0.29) is 5.60 Å². The molecule has 1 atom stereocenters. The summed E-state index contributed by atoms with van der Waals surface area (Å²) in [5.41, 5.74) is 4.55. The molecule has 0 saturated heterocycles. The van der Waals surface area contributed by atoms with Crippen LogP contribution in [0.2, 0.25) is 0 Å². The van der Waals surface area contributed by atoms with E-state index in [1.54, 1.807) is 31.9 Å². The highest BCUT2D eigenvalue weighted by molar-refractivity contribution is 7.19. The maximum Gasteiger partial charge on any atom is 0.142 e. The molecule has 3 heterocycles. The average Bonchev–Trinajstić information content (AvgIpc) is 3.31. The van der Waals surface area contributed by atoms with Crippen LogP contribution in [0.3, 0.4) is 0 Å². The van der Waals surface area contributed by atoms with Gasteiger partial charge in [0.05, 0.1) is 24.1 Å². The van der Waals surface area contributed by atoms with Crippen molar-refractivity contribution in [2.75, 3.05) is 26.1 Å². The standard InChI is InChI=1S/C21H22N4O2S/c1-26-11-21(27-2)6-5-16-17(8-21)28-20-18(16)19(23-12-24-20)25-15-4-3-13-9-22-10-14(13)7-15/h3-4,7,10,12H,5-6,8-9,11H2,1-2H3,(H,23,24,25)/t21-/m1/s1. The van der Waals surface area contributed by atoms with E-state index >= 15 is 0 Å². The Morgan fingerprint density at radius 1 is 1.25 bits per heavy atom. The highest BCUT2D eigenvalue weighted by atomic mass is 32.1. The highest BCUT2D eigenvalue weighted by Crippen LogP contribution is 2.42. The van der Waals surface area contributed by atoms with Gasteiger partial charge in [0.15, 0.2) is 0 Å². The number of aliphatic imine (C=N–C) groups is 1. The molecular formula is C21H22N4O2S. The number of fused-ring (bicyclic) bond motifs is 4. The van der Waals surface area contributed by atoms with Gasteiger partial charge in [-0.1, -0.05) is 6.07 Å². The van der Waals surface area contributed by atoms with E-state index in [9.17, 15) is 0 Å². The Morgan fingerprint density at radius 2 is 2.18 bits per heavy atom. The Labute approximate surface area is 167 Å². The molecule has 0 radical (unpaired) electrons. The van der Waals surface area contributed by atoms with E-state index in [0.717, 1.165) is 47.5 Å². The number of nitrogens with one attached hydrogen (secondary N) is 1. The van der Waals surface area contributed by atoms with E-state index in [4.69, 9.17) is 9.47 Å². The van der Waals surface area contributed by atoms with E-state index in [1.165, 1.54) is 21.6 Å². The molecule has 7 heteroatoms. The van der Waals surface area contributed by atoms with Gasteiger partial charge in [0, 0.05) is 37.4 Å². The van der Waals surface area contributed by atoms with Crippen molar-refractivity contribution >= 4 is 39.3 Å². The Kier molecular flexibility index (Phi) is 4.38. The molecular weight excluding hydrogens is 372 g/mol. The number of anilines is 2. The van der Waals surface area contributed by atoms with E-state index in [1.807, 2.05) is 6.21 Å². The summed E-state index contributed by atoms with van der Waals surface area (Å²) < 4.78 is 11.3. The lowest BCUT2D eigenvalue weighted by atomic mass is 9.84. The summed E-state index contributed by atoms with van der Waals surface area (Å²) >= 11 is 1.74. The fraction of sp³-hybridized carbons (Fsp3) is 0.381. The van der Waals surface area contributed by atoms with Gasteiger partial charge in [-0.3, -0.25) is 4.99 Å². The van der Waals surface area contributed by atoms with Crippen LogP contribution in [0.1, 0.15) is 28.0 Å². The monoisotopic (exact) mass is 394 g/mol. The van der Waals surface area contributed by atoms with Crippen molar-refractivity contribution in [3.05, 3.63) is 46.1 Å². The van der Waals surface area contributed by atoms with Crippen LogP contribution >= 0.6 is 11.3 Å². The number of aryl methyl sites for hydroxylation is 1. The molecule has 2 aromatic heterocycles. The van der Waals surface area contributed by atoms with Crippen LogP contribution in [-0.4, -0.2) is 42.6 Å². The summed E-state index contributed by atoms with van der Waals surface area (Å²) in [6.45, 7) is 1.37. The minimum atomic E-state index is -0.247. The maximum atomic E-state index is 5.86. The van der Waals surface area contributed by atoms with Crippen LogP contribution in [0.25, 0.3) is 10.2 Å². The zero-order valence-electron chi connectivity index (χ0n) is 16.0. The van der Waals surface area contributed by atoms with Crippen LogP contribution in [-0.2, 0) is 28.9 Å². The molecule has 0 bridgehead atoms. The Bertz CT molecular complexity index is 1080. The third-order valence-electron chi connectivity index (χ3n) is 5.73. The lowest BCUT2D eigenvalue weighted by Gasteiger charge is -2.35. The van der Waals surface area contributed by atoms with Crippen LogP contribution in [0.4, 0.5) is 11.5 Å². The second-order valence-electron chi connectivity index (χ2n) is 7.41. The van der Waals surface area contributed by atoms with Gasteiger partial charge in [0.1, 0.15) is 17.0 Å². The number of thiophene rings is 1. The summed E-state index contributed by atoms with van der Waals surface area (Å²) in [5, 5.41) is 4.65. The first-order valence-electron chi connectivity index (χ1n) is 9.40. The molecule has 3 aromatic rings. The number of aromatic nitrogens is 2. The van der Waals surface area contributed by atoms with Crippen molar-refractivity contribution in [1.29, 1.82) is 0 Å². The normalized spacial score (nSPS) is 20.4. The molecule has 1 aromatic carbocycles. The van der Waals surface area contributed by atoms with Crippen molar-refractivity contribution in [2.24, 2.45) is 4.99 Å².